The number of morpholine rings is 1. The molecule has 0 aliphatic carbocycles. The van der Waals surface area contributed by atoms with Crippen LogP contribution in [0.3, 0.4) is 0 Å². The minimum atomic E-state index is 0.0775. The molecule has 3 nitrogen and oxygen atoms in total. The lowest BCUT2D eigenvalue weighted by atomic mass is 9.99. The topological polar surface area (TPSA) is 38.5 Å². The van der Waals surface area contributed by atoms with Crippen LogP contribution in [0.15, 0.2) is 24.3 Å². The molecule has 1 aromatic rings. The highest BCUT2D eigenvalue weighted by Crippen LogP contribution is 2.19. The van der Waals surface area contributed by atoms with Crippen LogP contribution < -0.4 is 5.73 Å². The van der Waals surface area contributed by atoms with Crippen molar-refractivity contribution in [1.82, 2.24) is 4.90 Å². The van der Waals surface area contributed by atoms with Crippen LogP contribution in [-0.2, 0) is 4.74 Å². The van der Waals surface area contributed by atoms with E-state index in [9.17, 15) is 0 Å². The van der Waals surface area contributed by atoms with Gasteiger partial charge in [-0.15, -0.1) is 0 Å². The Labute approximate surface area is 104 Å². The van der Waals surface area contributed by atoms with Crippen molar-refractivity contribution in [2.75, 3.05) is 26.3 Å². The molecular formula is C14H22N2O. The Kier molecular flexibility index (Phi) is 4.15. The Balaban J connectivity index is 2.02. The second kappa shape index (κ2) is 5.63. The Morgan fingerprint density at radius 2 is 1.76 bits per heavy atom. The molecule has 2 rings (SSSR count). The van der Waals surface area contributed by atoms with Crippen LogP contribution in [-0.4, -0.2) is 37.2 Å². The molecule has 0 bridgehead atoms. The van der Waals surface area contributed by atoms with Crippen molar-refractivity contribution in [3.05, 3.63) is 35.4 Å². The van der Waals surface area contributed by atoms with Crippen LogP contribution >= 0.6 is 0 Å². The molecule has 0 radical (unpaired) electrons. The van der Waals surface area contributed by atoms with Gasteiger partial charge in [-0.3, -0.25) is 4.90 Å². The standard InChI is InChI=1S/C14H22N2O/c1-11-3-5-13(6-4-11)14(15)12(2)16-7-9-17-10-8-16/h3-6,12,14H,7-10,15H2,1-2H3. The highest BCUT2D eigenvalue weighted by atomic mass is 16.5. The normalized spacial score (nSPS) is 21.1. The second-order valence-corrected chi connectivity index (χ2v) is 4.83. The van der Waals surface area contributed by atoms with Gasteiger partial charge in [0.05, 0.1) is 13.2 Å². The summed E-state index contributed by atoms with van der Waals surface area (Å²) in [5, 5.41) is 0. The van der Waals surface area contributed by atoms with Crippen molar-refractivity contribution in [3.63, 3.8) is 0 Å². The maximum absolute atomic E-state index is 6.34. The maximum atomic E-state index is 6.34. The number of rotatable bonds is 3. The summed E-state index contributed by atoms with van der Waals surface area (Å²) < 4.78 is 5.37. The lowest BCUT2D eigenvalue weighted by molar-refractivity contribution is 0.0150. The van der Waals surface area contributed by atoms with Crippen molar-refractivity contribution in [1.29, 1.82) is 0 Å². The van der Waals surface area contributed by atoms with Gasteiger partial charge >= 0.3 is 0 Å². The molecule has 2 unspecified atom stereocenters. The van der Waals surface area contributed by atoms with Crippen LogP contribution in [0.2, 0.25) is 0 Å². The number of hydrogen-bond donors (Lipinski definition) is 1. The summed E-state index contributed by atoms with van der Waals surface area (Å²) in [7, 11) is 0. The fourth-order valence-electron chi connectivity index (χ4n) is 2.28. The number of nitrogens with two attached hydrogens (primary N) is 1. The zero-order valence-electron chi connectivity index (χ0n) is 10.7. The van der Waals surface area contributed by atoms with Crippen LogP contribution in [0.25, 0.3) is 0 Å². The molecule has 1 fully saturated rings. The third kappa shape index (κ3) is 3.06. The van der Waals surface area contributed by atoms with Gasteiger partial charge in [0, 0.05) is 25.2 Å². The summed E-state index contributed by atoms with van der Waals surface area (Å²) in [6.07, 6.45) is 0. The van der Waals surface area contributed by atoms with E-state index in [0.717, 1.165) is 26.3 Å². The molecule has 94 valence electrons. The number of ether oxygens (including phenoxy) is 1. The van der Waals surface area contributed by atoms with E-state index in [1.165, 1.54) is 11.1 Å². The summed E-state index contributed by atoms with van der Waals surface area (Å²) in [6, 6.07) is 8.96. The van der Waals surface area contributed by atoms with Crippen molar-refractivity contribution in [2.24, 2.45) is 5.73 Å². The molecule has 1 saturated heterocycles. The number of nitrogens with zero attached hydrogens (tertiary/aromatic N) is 1. The van der Waals surface area contributed by atoms with Crippen molar-refractivity contribution in [2.45, 2.75) is 25.9 Å². The van der Waals surface area contributed by atoms with Crippen molar-refractivity contribution in [3.8, 4) is 0 Å². The Hall–Kier alpha value is -0.900. The van der Waals surface area contributed by atoms with E-state index in [1.54, 1.807) is 0 Å². The van der Waals surface area contributed by atoms with Crippen LogP contribution in [0, 0.1) is 6.92 Å². The molecule has 0 spiro atoms. The molecule has 1 heterocycles. The maximum Gasteiger partial charge on any atom is 0.0594 e. The molecule has 1 aliphatic heterocycles. The minimum absolute atomic E-state index is 0.0775. The van der Waals surface area contributed by atoms with Gasteiger partial charge in [0.15, 0.2) is 0 Å². The van der Waals surface area contributed by atoms with E-state index in [4.69, 9.17) is 10.5 Å². The highest BCUT2D eigenvalue weighted by molar-refractivity contribution is 5.24. The van der Waals surface area contributed by atoms with Gasteiger partial charge in [-0.05, 0) is 19.4 Å². The first-order valence-electron chi connectivity index (χ1n) is 6.32. The SMILES string of the molecule is Cc1ccc(C(N)C(C)N2CCOCC2)cc1. The average Bonchev–Trinajstić information content (AvgIpc) is 2.39. The first-order chi connectivity index (χ1) is 8.18. The smallest absolute Gasteiger partial charge is 0.0594 e. The largest absolute Gasteiger partial charge is 0.379 e. The first kappa shape index (κ1) is 12.6. The van der Waals surface area contributed by atoms with Crippen molar-refractivity contribution < 1.29 is 4.74 Å². The van der Waals surface area contributed by atoms with E-state index in [2.05, 4.69) is 43.0 Å². The molecule has 0 saturated carbocycles. The molecule has 17 heavy (non-hydrogen) atoms. The highest BCUT2D eigenvalue weighted by Gasteiger charge is 2.23. The molecule has 1 aromatic carbocycles. The Morgan fingerprint density at radius 1 is 1.18 bits per heavy atom. The molecule has 0 aromatic heterocycles. The van der Waals surface area contributed by atoms with Gasteiger partial charge in [0.25, 0.3) is 0 Å². The van der Waals surface area contributed by atoms with Crippen LogP contribution in [0.4, 0.5) is 0 Å². The van der Waals surface area contributed by atoms with Crippen LogP contribution in [0.1, 0.15) is 24.1 Å². The first-order valence-corrected chi connectivity index (χ1v) is 6.32. The molecule has 0 amide bonds. The fourth-order valence-corrected chi connectivity index (χ4v) is 2.28. The van der Waals surface area contributed by atoms with Gasteiger partial charge < -0.3 is 10.5 Å². The third-order valence-corrected chi connectivity index (χ3v) is 3.60. The summed E-state index contributed by atoms with van der Waals surface area (Å²) in [4.78, 5) is 2.41. The molecule has 1 aliphatic rings. The van der Waals surface area contributed by atoms with E-state index in [-0.39, 0.29) is 6.04 Å². The molecule has 2 atom stereocenters. The molecule has 3 heteroatoms. The van der Waals surface area contributed by atoms with Crippen LogP contribution in [0.5, 0.6) is 0 Å². The average molecular weight is 234 g/mol. The predicted molar refractivity (Wildman–Crippen MR) is 70.0 cm³/mol. The van der Waals surface area contributed by atoms with Gasteiger partial charge in [-0.25, -0.2) is 0 Å². The Morgan fingerprint density at radius 3 is 2.35 bits per heavy atom. The third-order valence-electron chi connectivity index (χ3n) is 3.60. The second-order valence-electron chi connectivity index (χ2n) is 4.83. The van der Waals surface area contributed by atoms with E-state index < -0.39 is 0 Å². The summed E-state index contributed by atoms with van der Waals surface area (Å²) >= 11 is 0. The van der Waals surface area contributed by atoms with Gasteiger partial charge in [0.2, 0.25) is 0 Å². The van der Waals surface area contributed by atoms with E-state index in [1.807, 2.05) is 0 Å². The lowest BCUT2D eigenvalue weighted by Gasteiger charge is -2.35. The minimum Gasteiger partial charge on any atom is -0.379 e. The number of aryl methyl sites for hydroxylation is 1. The lowest BCUT2D eigenvalue weighted by Crippen LogP contribution is -2.46. The Bertz CT molecular complexity index is 344. The van der Waals surface area contributed by atoms with E-state index in [0.29, 0.717) is 6.04 Å². The number of hydrogen-bond acceptors (Lipinski definition) is 3. The number of benzene rings is 1. The van der Waals surface area contributed by atoms with Gasteiger partial charge in [0.1, 0.15) is 0 Å². The zero-order valence-corrected chi connectivity index (χ0v) is 10.7. The summed E-state index contributed by atoms with van der Waals surface area (Å²) in [5.41, 5.74) is 8.83. The van der Waals surface area contributed by atoms with E-state index >= 15 is 0 Å². The monoisotopic (exact) mass is 234 g/mol. The summed E-state index contributed by atoms with van der Waals surface area (Å²) in [5.74, 6) is 0. The summed E-state index contributed by atoms with van der Waals surface area (Å²) in [6.45, 7) is 7.92. The van der Waals surface area contributed by atoms with Crippen molar-refractivity contribution >= 4 is 0 Å². The molecule has 2 N–H and O–H groups in total. The molecular weight excluding hydrogens is 212 g/mol. The van der Waals surface area contributed by atoms with Gasteiger partial charge in [-0.1, -0.05) is 29.8 Å². The fraction of sp³-hybridized carbons (Fsp3) is 0.571. The zero-order chi connectivity index (χ0) is 12.3. The quantitative estimate of drug-likeness (QED) is 0.865. The predicted octanol–water partition coefficient (Wildman–Crippen LogP) is 1.72. The van der Waals surface area contributed by atoms with Gasteiger partial charge in [-0.2, -0.15) is 0 Å².